The highest BCUT2D eigenvalue weighted by molar-refractivity contribution is 7.53. The number of fused-ring (bicyclic) bond motifs is 3. The fourth-order valence-electron chi connectivity index (χ4n) is 3.28. The van der Waals surface area contributed by atoms with Crippen LogP contribution < -0.4 is 0 Å². The minimum Gasteiger partial charge on any atom is -0.465 e. The molecule has 0 aliphatic heterocycles. The van der Waals surface area contributed by atoms with E-state index in [0.717, 1.165) is 27.1 Å². The second kappa shape index (κ2) is 8.22. The van der Waals surface area contributed by atoms with Crippen molar-refractivity contribution in [3.05, 3.63) is 59.7 Å². The molecule has 0 atom stereocenters. The molecular formula is C21H23O5P. The average Bonchev–Trinajstić information content (AvgIpc) is 2.67. The molecule has 3 aromatic rings. The summed E-state index contributed by atoms with van der Waals surface area (Å²) in [6.07, 6.45) is 0.220. The second-order valence-corrected chi connectivity index (χ2v) is 8.16. The zero-order chi connectivity index (χ0) is 19.4. The van der Waals surface area contributed by atoms with E-state index in [9.17, 15) is 9.36 Å². The first-order valence-electron chi connectivity index (χ1n) is 8.92. The molecule has 0 heterocycles. The number of hydrogen-bond donors (Lipinski definition) is 0. The smallest absolute Gasteiger partial charge is 0.337 e. The van der Waals surface area contributed by atoms with E-state index < -0.39 is 7.60 Å². The monoisotopic (exact) mass is 386 g/mol. The van der Waals surface area contributed by atoms with Crippen LogP contribution in [0.5, 0.6) is 0 Å². The Bertz CT molecular complexity index is 1020. The van der Waals surface area contributed by atoms with Gasteiger partial charge < -0.3 is 13.8 Å². The zero-order valence-corrected chi connectivity index (χ0v) is 16.6. The summed E-state index contributed by atoms with van der Waals surface area (Å²) in [6, 6.07) is 15.3. The van der Waals surface area contributed by atoms with E-state index in [1.165, 1.54) is 7.11 Å². The Labute approximate surface area is 158 Å². The number of ether oxygens (including phenoxy) is 1. The molecule has 27 heavy (non-hydrogen) atoms. The predicted octanol–water partition coefficient (Wildman–Crippen LogP) is 5.55. The largest absolute Gasteiger partial charge is 0.465 e. The van der Waals surface area contributed by atoms with Crippen LogP contribution in [0.15, 0.2) is 48.5 Å². The van der Waals surface area contributed by atoms with Gasteiger partial charge in [-0.05, 0) is 53.1 Å². The number of methoxy groups -OCH3 is 1. The van der Waals surface area contributed by atoms with E-state index in [4.69, 9.17) is 13.8 Å². The maximum Gasteiger partial charge on any atom is 0.337 e. The summed E-state index contributed by atoms with van der Waals surface area (Å²) in [4.78, 5) is 11.8. The fraction of sp³-hybridized carbons (Fsp3) is 0.286. The Morgan fingerprint density at radius 2 is 1.63 bits per heavy atom. The van der Waals surface area contributed by atoms with Gasteiger partial charge in [0, 0.05) is 0 Å². The van der Waals surface area contributed by atoms with Crippen LogP contribution in [0.3, 0.4) is 0 Å². The Morgan fingerprint density at radius 3 is 2.30 bits per heavy atom. The van der Waals surface area contributed by atoms with Gasteiger partial charge in [0.05, 0.1) is 32.0 Å². The van der Waals surface area contributed by atoms with E-state index in [1.807, 2.05) is 42.5 Å². The normalized spacial score (nSPS) is 11.8. The Hall–Kier alpha value is -2.20. The molecule has 0 amide bonds. The van der Waals surface area contributed by atoms with Crippen molar-refractivity contribution in [3.63, 3.8) is 0 Å². The van der Waals surface area contributed by atoms with Crippen molar-refractivity contribution < 1.29 is 23.1 Å². The third-order valence-corrected chi connectivity index (χ3v) is 6.44. The first-order valence-corrected chi connectivity index (χ1v) is 10.6. The molecule has 0 bridgehead atoms. The number of rotatable bonds is 7. The van der Waals surface area contributed by atoms with Crippen LogP contribution in [-0.2, 0) is 24.5 Å². The molecule has 0 N–H and O–H groups in total. The number of carbonyl (C=O) groups is 1. The second-order valence-electron chi connectivity index (χ2n) is 6.11. The minimum atomic E-state index is -3.19. The number of hydrogen-bond acceptors (Lipinski definition) is 5. The van der Waals surface area contributed by atoms with Gasteiger partial charge in [0.25, 0.3) is 0 Å². The maximum atomic E-state index is 12.9. The lowest BCUT2D eigenvalue weighted by atomic mass is 9.98. The molecule has 142 valence electrons. The van der Waals surface area contributed by atoms with E-state index in [2.05, 4.69) is 0 Å². The van der Waals surface area contributed by atoms with Crippen molar-refractivity contribution in [2.45, 2.75) is 20.0 Å². The third-order valence-electron chi connectivity index (χ3n) is 4.40. The third kappa shape index (κ3) is 4.06. The molecule has 0 radical (unpaired) electrons. The highest BCUT2D eigenvalue weighted by Crippen LogP contribution is 2.52. The van der Waals surface area contributed by atoms with Gasteiger partial charge in [-0.2, -0.15) is 0 Å². The minimum absolute atomic E-state index is 0.220. The lowest BCUT2D eigenvalue weighted by molar-refractivity contribution is 0.0601. The lowest BCUT2D eigenvalue weighted by Crippen LogP contribution is -2.01. The number of esters is 1. The van der Waals surface area contributed by atoms with E-state index in [1.54, 1.807) is 19.9 Å². The van der Waals surface area contributed by atoms with Crippen molar-refractivity contribution in [1.82, 2.24) is 0 Å². The Kier molecular flexibility index (Phi) is 5.95. The summed E-state index contributed by atoms with van der Waals surface area (Å²) in [5.41, 5.74) is 1.43. The lowest BCUT2D eigenvalue weighted by Gasteiger charge is -2.18. The van der Waals surface area contributed by atoms with Crippen molar-refractivity contribution in [2.75, 3.05) is 20.3 Å². The Balaban J connectivity index is 2.10. The molecule has 3 aromatic carbocycles. The van der Waals surface area contributed by atoms with Crippen molar-refractivity contribution in [2.24, 2.45) is 0 Å². The van der Waals surface area contributed by atoms with Gasteiger partial charge in [-0.1, -0.05) is 36.4 Å². The molecule has 0 unspecified atom stereocenters. The number of carbonyl (C=O) groups excluding carboxylic acids is 1. The molecule has 0 saturated heterocycles. The summed E-state index contributed by atoms with van der Waals surface area (Å²) in [6.45, 7) is 4.28. The van der Waals surface area contributed by atoms with Gasteiger partial charge in [-0.3, -0.25) is 4.57 Å². The van der Waals surface area contributed by atoms with Crippen LogP contribution in [0.4, 0.5) is 0 Å². The van der Waals surface area contributed by atoms with Gasteiger partial charge >= 0.3 is 13.6 Å². The van der Waals surface area contributed by atoms with Gasteiger partial charge in [0.15, 0.2) is 0 Å². The molecule has 6 heteroatoms. The highest BCUT2D eigenvalue weighted by Gasteiger charge is 2.25. The van der Waals surface area contributed by atoms with Crippen LogP contribution in [0.25, 0.3) is 21.5 Å². The molecular weight excluding hydrogens is 363 g/mol. The summed E-state index contributed by atoms with van der Waals surface area (Å²) in [5.74, 6) is -0.361. The first-order chi connectivity index (χ1) is 13.0. The maximum absolute atomic E-state index is 12.9. The molecule has 0 aromatic heterocycles. The number of benzene rings is 3. The standard InChI is InChI=1S/C21H23O5P/c1-4-25-27(23,26-5-2)14-17-7-6-8-20-18-12-10-16(21(22)24-3)13-15(18)9-11-19(17)20/h6-13H,4-5,14H2,1-3H3. The van der Waals surface area contributed by atoms with Crippen molar-refractivity contribution in [3.8, 4) is 0 Å². The summed E-state index contributed by atoms with van der Waals surface area (Å²) < 4.78 is 28.6. The van der Waals surface area contributed by atoms with E-state index >= 15 is 0 Å². The summed E-state index contributed by atoms with van der Waals surface area (Å²) >= 11 is 0. The molecule has 0 aliphatic carbocycles. The van der Waals surface area contributed by atoms with Crippen LogP contribution >= 0.6 is 7.60 Å². The van der Waals surface area contributed by atoms with Gasteiger partial charge in [-0.15, -0.1) is 0 Å². The molecule has 5 nitrogen and oxygen atoms in total. The molecule has 0 saturated carbocycles. The van der Waals surface area contributed by atoms with E-state index in [-0.39, 0.29) is 12.1 Å². The highest BCUT2D eigenvalue weighted by atomic mass is 31.2. The van der Waals surface area contributed by atoms with Crippen LogP contribution in [-0.4, -0.2) is 26.3 Å². The van der Waals surface area contributed by atoms with Crippen LogP contribution in [0.1, 0.15) is 29.8 Å². The Morgan fingerprint density at radius 1 is 0.926 bits per heavy atom. The van der Waals surface area contributed by atoms with Gasteiger partial charge in [0.2, 0.25) is 0 Å². The quantitative estimate of drug-likeness (QED) is 0.303. The van der Waals surface area contributed by atoms with Crippen LogP contribution in [0, 0.1) is 0 Å². The van der Waals surface area contributed by atoms with Gasteiger partial charge in [-0.25, -0.2) is 4.79 Å². The van der Waals surface area contributed by atoms with Crippen LogP contribution in [0.2, 0.25) is 0 Å². The van der Waals surface area contributed by atoms with Crippen molar-refractivity contribution >= 4 is 35.1 Å². The van der Waals surface area contributed by atoms with Crippen molar-refractivity contribution in [1.29, 1.82) is 0 Å². The summed E-state index contributed by atoms with van der Waals surface area (Å²) in [7, 11) is -1.82. The topological polar surface area (TPSA) is 61.8 Å². The molecule has 0 spiro atoms. The zero-order valence-electron chi connectivity index (χ0n) is 15.7. The van der Waals surface area contributed by atoms with Gasteiger partial charge in [0.1, 0.15) is 0 Å². The molecule has 0 aliphatic rings. The van der Waals surface area contributed by atoms with E-state index in [0.29, 0.717) is 18.8 Å². The summed E-state index contributed by atoms with van der Waals surface area (Å²) in [5, 5.41) is 3.99. The molecule has 0 fully saturated rings. The first kappa shape index (κ1) is 19.6. The average molecular weight is 386 g/mol. The molecule has 3 rings (SSSR count). The predicted molar refractivity (Wildman–Crippen MR) is 107 cm³/mol. The fourth-order valence-corrected chi connectivity index (χ4v) is 5.01. The SMILES string of the molecule is CCOP(=O)(Cc1cccc2c1ccc1cc(C(=O)OC)ccc12)OCC.